The zero-order chi connectivity index (χ0) is 17.2. The van der Waals surface area contributed by atoms with Crippen LogP contribution in [0, 0.1) is 0 Å². The first-order valence-corrected chi connectivity index (χ1v) is 8.72. The highest BCUT2D eigenvalue weighted by atomic mass is 16.1. The fourth-order valence-corrected chi connectivity index (χ4v) is 3.46. The number of benzene rings is 2. The molecular weight excluding hydrogens is 310 g/mol. The summed E-state index contributed by atoms with van der Waals surface area (Å²) < 4.78 is 0. The summed E-state index contributed by atoms with van der Waals surface area (Å²) in [5, 5.41) is 10.3. The summed E-state index contributed by atoms with van der Waals surface area (Å²) in [7, 11) is 0. The Morgan fingerprint density at radius 3 is 2.60 bits per heavy atom. The number of aromatic nitrogens is 2. The number of anilines is 1. The number of nitrogens with one attached hydrogen (secondary N) is 2. The molecule has 1 heterocycles. The number of hydrogen-bond donors (Lipinski definition) is 2. The van der Waals surface area contributed by atoms with Crippen LogP contribution in [-0.4, -0.2) is 16.1 Å². The Kier molecular flexibility index (Phi) is 4.10. The van der Waals surface area contributed by atoms with E-state index in [4.69, 9.17) is 0 Å². The predicted octanol–water partition coefficient (Wildman–Crippen LogP) is 4.31. The lowest BCUT2D eigenvalue weighted by molar-refractivity contribution is -0.115. The van der Waals surface area contributed by atoms with E-state index in [1.54, 1.807) is 0 Å². The van der Waals surface area contributed by atoms with Crippen molar-refractivity contribution in [2.45, 2.75) is 32.1 Å². The van der Waals surface area contributed by atoms with Crippen molar-refractivity contribution in [1.82, 2.24) is 10.2 Å². The third-order valence-corrected chi connectivity index (χ3v) is 4.90. The monoisotopic (exact) mass is 331 g/mol. The predicted molar refractivity (Wildman–Crippen MR) is 99.5 cm³/mol. The lowest BCUT2D eigenvalue weighted by Gasteiger charge is -2.06. The molecule has 0 radical (unpaired) electrons. The Morgan fingerprint density at radius 2 is 1.84 bits per heavy atom. The Hall–Kier alpha value is -2.88. The molecule has 3 aromatic rings. The van der Waals surface area contributed by atoms with Gasteiger partial charge in [-0.15, -0.1) is 0 Å². The molecule has 2 aromatic carbocycles. The van der Waals surface area contributed by atoms with Crippen molar-refractivity contribution in [2.75, 3.05) is 5.32 Å². The summed E-state index contributed by atoms with van der Waals surface area (Å²) in [6, 6.07) is 18.4. The summed E-state index contributed by atoms with van der Waals surface area (Å²) in [4.78, 5) is 12.4. The molecule has 25 heavy (non-hydrogen) atoms. The van der Waals surface area contributed by atoms with Crippen LogP contribution in [0.2, 0.25) is 0 Å². The fraction of sp³-hybridized carbons (Fsp3) is 0.238. The largest absolute Gasteiger partial charge is 0.309 e. The Morgan fingerprint density at radius 1 is 1.12 bits per heavy atom. The van der Waals surface area contributed by atoms with Gasteiger partial charge in [0.25, 0.3) is 0 Å². The van der Waals surface area contributed by atoms with E-state index in [0.717, 1.165) is 24.0 Å². The van der Waals surface area contributed by atoms with Crippen molar-refractivity contribution >= 4 is 11.7 Å². The number of fused-ring (bicyclic) bond motifs is 1. The molecule has 0 bridgehead atoms. The fourth-order valence-electron chi connectivity index (χ4n) is 3.46. The molecule has 0 saturated heterocycles. The zero-order valence-electron chi connectivity index (χ0n) is 14.3. The second-order valence-electron chi connectivity index (χ2n) is 6.69. The minimum atomic E-state index is -0.0266. The van der Waals surface area contributed by atoms with E-state index in [9.17, 15) is 4.79 Å². The van der Waals surface area contributed by atoms with Crippen LogP contribution in [0.5, 0.6) is 0 Å². The highest BCUT2D eigenvalue weighted by molar-refractivity contribution is 5.92. The van der Waals surface area contributed by atoms with E-state index in [2.05, 4.69) is 46.7 Å². The zero-order valence-corrected chi connectivity index (χ0v) is 14.3. The topological polar surface area (TPSA) is 57.8 Å². The SMILES string of the molecule is CC1CCc2c(NC(=O)Cc3ccc(-c4ccccc4)cc3)n[nH]c21. The van der Waals surface area contributed by atoms with Crippen LogP contribution in [0.1, 0.15) is 36.1 Å². The molecule has 4 rings (SSSR count). The number of amides is 1. The van der Waals surface area contributed by atoms with Crippen molar-refractivity contribution in [3.63, 3.8) is 0 Å². The van der Waals surface area contributed by atoms with Crippen molar-refractivity contribution in [3.05, 3.63) is 71.4 Å². The number of rotatable bonds is 4. The third kappa shape index (κ3) is 3.20. The van der Waals surface area contributed by atoms with Crippen molar-refractivity contribution < 1.29 is 4.79 Å². The van der Waals surface area contributed by atoms with Crippen LogP contribution in [0.25, 0.3) is 11.1 Å². The van der Waals surface area contributed by atoms with Gasteiger partial charge >= 0.3 is 0 Å². The maximum Gasteiger partial charge on any atom is 0.230 e. The molecule has 4 heteroatoms. The lowest BCUT2D eigenvalue weighted by atomic mass is 10.0. The van der Waals surface area contributed by atoms with Gasteiger partial charge in [-0.25, -0.2) is 0 Å². The molecule has 126 valence electrons. The number of carbonyl (C=O) groups is 1. The normalized spacial score (nSPS) is 15.8. The molecule has 0 aliphatic heterocycles. The smallest absolute Gasteiger partial charge is 0.230 e. The second kappa shape index (κ2) is 6.55. The lowest BCUT2D eigenvalue weighted by Crippen LogP contribution is -2.15. The van der Waals surface area contributed by atoms with Gasteiger partial charge in [0.1, 0.15) is 0 Å². The average Bonchev–Trinajstić information content (AvgIpc) is 3.20. The van der Waals surface area contributed by atoms with Crippen LogP contribution in [0.3, 0.4) is 0 Å². The van der Waals surface area contributed by atoms with Gasteiger partial charge in [0, 0.05) is 11.3 Å². The standard InChI is InChI=1S/C21H21N3O/c1-14-7-12-18-20(14)23-24-21(18)22-19(25)13-15-8-10-17(11-9-15)16-5-3-2-4-6-16/h2-6,8-11,14H,7,12-13H2,1H3,(H2,22,23,24,25). The molecule has 2 N–H and O–H groups in total. The van der Waals surface area contributed by atoms with Crippen LogP contribution < -0.4 is 5.32 Å². The first-order chi connectivity index (χ1) is 12.2. The summed E-state index contributed by atoms with van der Waals surface area (Å²) in [6.45, 7) is 2.18. The minimum Gasteiger partial charge on any atom is -0.309 e. The molecular formula is C21H21N3O. The van der Waals surface area contributed by atoms with E-state index >= 15 is 0 Å². The highest BCUT2D eigenvalue weighted by Crippen LogP contribution is 2.34. The van der Waals surface area contributed by atoms with E-state index in [1.807, 2.05) is 30.3 Å². The third-order valence-electron chi connectivity index (χ3n) is 4.90. The maximum absolute atomic E-state index is 12.4. The first-order valence-electron chi connectivity index (χ1n) is 8.72. The first kappa shape index (κ1) is 15.6. The van der Waals surface area contributed by atoms with Gasteiger partial charge in [0.2, 0.25) is 5.91 Å². The molecule has 0 fully saturated rings. The summed E-state index contributed by atoms with van der Waals surface area (Å²) in [5.41, 5.74) is 5.67. The van der Waals surface area contributed by atoms with E-state index in [0.29, 0.717) is 18.2 Å². The quantitative estimate of drug-likeness (QED) is 0.748. The van der Waals surface area contributed by atoms with Crippen LogP contribution in [0.4, 0.5) is 5.82 Å². The molecule has 1 amide bonds. The number of aromatic amines is 1. The van der Waals surface area contributed by atoms with E-state index < -0.39 is 0 Å². The molecule has 4 nitrogen and oxygen atoms in total. The van der Waals surface area contributed by atoms with E-state index in [1.165, 1.54) is 16.8 Å². The van der Waals surface area contributed by atoms with Gasteiger partial charge in [0.15, 0.2) is 5.82 Å². The van der Waals surface area contributed by atoms with Crippen LogP contribution in [0.15, 0.2) is 54.6 Å². The molecule has 1 aliphatic rings. The number of H-pyrrole nitrogens is 1. The molecule has 0 saturated carbocycles. The Labute approximate surface area is 147 Å². The second-order valence-corrected chi connectivity index (χ2v) is 6.69. The van der Waals surface area contributed by atoms with Crippen LogP contribution in [-0.2, 0) is 17.6 Å². The van der Waals surface area contributed by atoms with E-state index in [-0.39, 0.29) is 5.91 Å². The van der Waals surface area contributed by atoms with Crippen molar-refractivity contribution in [1.29, 1.82) is 0 Å². The Balaban J connectivity index is 1.42. The molecule has 1 unspecified atom stereocenters. The summed E-state index contributed by atoms with van der Waals surface area (Å²) in [5.74, 6) is 1.17. The molecule has 1 aliphatic carbocycles. The van der Waals surface area contributed by atoms with Gasteiger partial charge in [-0.1, -0.05) is 61.5 Å². The highest BCUT2D eigenvalue weighted by Gasteiger charge is 2.25. The van der Waals surface area contributed by atoms with Gasteiger partial charge in [-0.2, -0.15) is 5.10 Å². The number of carbonyl (C=O) groups excluding carboxylic acids is 1. The van der Waals surface area contributed by atoms with Crippen molar-refractivity contribution in [2.24, 2.45) is 0 Å². The average molecular weight is 331 g/mol. The molecule has 1 atom stereocenters. The van der Waals surface area contributed by atoms with Gasteiger partial charge in [-0.3, -0.25) is 9.89 Å². The maximum atomic E-state index is 12.4. The van der Waals surface area contributed by atoms with Gasteiger partial charge in [0.05, 0.1) is 6.42 Å². The summed E-state index contributed by atoms with van der Waals surface area (Å²) >= 11 is 0. The minimum absolute atomic E-state index is 0.0266. The molecule has 0 spiro atoms. The van der Waals surface area contributed by atoms with Crippen LogP contribution >= 0.6 is 0 Å². The molecule has 1 aromatic heterocycles. The Bertz CT molecular complexity index is 881. The number of hydrogen-bond acceptors (Lipinski definition) is 2. The summed E-state index contributed by atoms with van der Waals surface area (Å²) in [6.07, 6.45) is 2.45. The van der Waals surface area contributed by atoms with Gasteiger partial charge in [-0.05, 0) is 35.4 Å². The van der Waals surface area contributed by atoms with Crippen molar-refractivity contribution in [3.8, 4) is 11.1 Å². The number of nitrogens with zero attached hydrogens (tertiary/aromatic N) is 1. The van der Waals surface area contributed by atoms with Gasteiger partial charge < -0.3 is 5.32 Å².